The third-order valence-corrected chi connectivity index (χ3v) is 5.55. The summed E-state index contributed by atoms with van der Waals surface area (Å²) in [6, 6.07) is 13.8. The van der Waals surface area contributed by atoms with Crippen LogP contribution < -0.4 is 4.74 Å². The molecule has 0 spiro atoms. The van der Waals surface area contributed by atoms with Gasteiger partial charge in [-0.25, -0.2) is 18.6 Å². The second kappa shape index (κ2) is 11.0. The van der Waals surface area contributed by atoms with Crippen molar-refractivity contribution in [3.05, 3.63) is 72.8 Å². The Balaban J connectivity index is 0.000000448. The molecule has 1 aliphatic heterocycles. The summed E-state index contributed by atoms with van der Waals surface area (Å²) >= 11 is 0. The van der Waals surface area contributed by atoms with Crippen molar-refractivity contribution in [2.45, 2.75) is 24.6 Å². The first kappa shape index (κ1) is 27.3. The lowest BCUT2D eigenvalue weighted by Crippen LogP contribution is -2.55. The Labute approximate surface area is 216 Å². The number of fused-ring (bicyclic) bond motifs is 1. The van der Waals surface area contributed by atoms with Crippen molar-refractivity contribution < 1.29 is 41.4 Å². The highest BCUT2D eigenvalue weighted by atomic mass is 19.4. The fourth-order valence-corrected chi connectivity index (χ4v) is 3.61. The molecule has 39 heavy (non-hydrogen) atoms. The van der Waals surface area contributed by atoms with Crippen molar-refractivity contribution in [1.82, 2.24) is 29.9 Å². The van der Waals surface area contributed by atoms with Crippen molar-refractivity contribution in [1.29, 1.82) is 0 Å². The molecule has 3 aromatic heterocycles. The van der Waals surface area contributed by atoms with E-state index >= 15 is 0 Å². The van der Waals surface area contributed by atoms with E-state index in [2.05, 4.69) is 20.2 Å². The van der Waals surface area contributed by atoms with Crippen LogP contribution in [0.5, 0.6) is 5.88 Å². The smallest absolute Gasteiger partial charge is 0.475 e. The van der Waals surface area contributed by atoms with Crippen molar-refractivity contribution in [3.63, 3.8) is 0 Å². The average molecular weight is 550 g/mol. The molecule has 0 aliphatic carbocycles. The summed E-state index contributed by atoms with van der Waals surface area (Å²) in [5, 5.41) is 16.1. The van der Waals surface area contributed by atoms with Crippen LogP contribution in [-0.4, -0.2) is 78.1 Å². The average Bonchev–Trinajstić information content (AvgIpc) is 3.45. The van der Waals surface area contributed by atoms with E-state index in [1.54, 1.807) is 24.3 Å². The van der Waals surface area contributed by atoms with Crippen LogP contribution in [0.3, 0.4) is 0 Å². The first-order chi connectivity index (χ1) is 18.4. The molecule has 1 fully saturated rings. The molecule has 4 heterocycles. The topological polar surface area (TPSA) is 123 Å². The van der Waals surface area contributed by atoms with Gasteiger partial charge in [0.15, 0.2) is 6.10 Å². The summed E-state index contributed by atoms with van der Waals surface area (Å²) in [5.74, 6) is -6.23. The lowest BCUT2D eigenvalue weighted by molar-refractivity contribution is -0.192. The highest BCUT2D eigenvalue weighted by molar-refractivity contribution is 5.93. The number of amides is 1. The number of para-hydroxylation sites is 1. The van der Waals surface area contributed by atoms with Gasteiger partial charge in [0.25, 0.3) is 11.8 Å². The predicted molar refractivity (Wildman–Crippen MR) is 124 cm³/mol. The van der Waals surface area contributed by atoms with E-state index in [1.165, 1.54) is 34.4 Å². The molecule has 15 heteroatoms. The molecule has 1 aromatic carbocycles. The minimum Gasteiger partial charge on any atom is -0.475 e. The standard InChI is InChI=1S/C22H18F2N6O2.C2HF3O2/c23-22(24)8-12-29(21(31)18-13-16(7-9-25-18)30-26-10-11-27-30)14-19(22)32-20-6-5-15-3-1-2-4-17(15)28-20;3-2(4,5)1(6)7/h1-7,9-11,13,19H,8,12,14H2;(H,6,7)/t19-;/m0./s1. The van der Waals surface area contributed by atoms with Gasteiger partial charge in [0.1, 0.15) is 5.69 Å². The second-order valence-corrected chi connectivity index (χ2v) is 8.23. The molecule has 10 nitrogen and oxygen atoms in total. The number of carboxylic acid groups (broad SMARTS) is 1. The van der Waals surface area contributed by atoms with Gasteiger partial charge in [-0.15, -0.1) is 0 Å². The minimum atomic E-state index is -5.08. The number of alkyl halides is 5. The van der Waals surface area contributed by atoms with Gasteiger partial charge in [-0.1, -0.05) is 18.2 Å². The van der Waals surface area contributed by atoms with Gasteiger partial charge < -0.3 is 14.7 Å². The fourth-order valence-electron chi connectivity index (χ4n) is 3.61. The van der Waals surface area contributed by atoms with Crippen LogP contribution in [0.25, 0.3) is 16.6 Å². The minimum absolute atomic E-state index is 0.0903. The molecule has 0 unspecified atom stereocenters. The number of aliphatic carboxylic acids is 1. The highest BCUT2D eigenvalue weighted by Crippen LogP contribution is 2.32. The zero-order valence-electron chi connectivity index (χ0n) is 19.8. The zero-order chi connectivity index (χ0) is 28.2. The van der Waals surface area contributed by atoms with E-state index in [4.69, 9.17) is 14.6 Å². The van der Waals surface area contributed by atoms with Gasteiger partial charge in [0, 0.05) is 30.6 Å². The van der Waals surface area contributed by atoms with Crippen LogP contribution in [0.2, 0.25) is 0 Å². The molecule has 5 rings (SSSR count). The SMILES string of the molecule is O=C(O)C(F)(F)F.O=C(c1cc(-n2nccn2)ccn1)N1CCC(F)(F)[C@@H](Oc2ccc3ccccc3n2)C1. The monoisotopic (exact) mass is 550 g/mol. The third-order valence-electron chi connectivity index (χ3n) is 5.55. The number of rotatable bonds is 4. The largest absolute Gasteiger partial charge is 0.490 e. The Bertz CT molecular complexity index is 1460. The highest BCUT2D eigenvalue weighted by Gasteiger charge is 2.47. The number of piperidine rings is 1. The molecule has 1 saturated heterocycles. The van der Waals surface area contributed by atoms with Crippen molar-refractivity contribution in [3.8, 4) is 11.6 Å². The molecule has 0 bridgehead atoms. The zero-order valence-corrected chi connectivity index (χ0v) is 19.8. The van der Waals surface area contributed by atoms with Crippen molar-refractivity contribution >= 4 is 22.8 Å². The van der Waals surface area contributed by atoms with Crippen LogP contribution in [0.1, 0.15) is 16.9 Å². The Morgan fingerprint density at radius 1 is 1.03 bits per heavy atom. The van der Waals surface area contributed by atoms with Gasteiger partial charge in [0.05, 0.1) is 30.1 Å². The van der Waals surface area contributed by atoms with E-state index in [0.717, 1.165) is 5.39 Å². The number of ether oxygens (including phenoxy) is 1. The first-order valence-electron chi connectivity index (χ1n) is 11.3. The normalized spacial score (nSPS) is 16.7. The number of pyridine rings is 2. The maximum Gasteiger partial charge on any atom is 0.490 e. The number of benzene rings is 1. The quantitative estimate of drug-likeness (QED) is 0.381. The van der Waals surface area contributed by atoms with Crippen LogP contribution in [0, 0.1) is 0 Å². The van der Waals surface area contributed by atoms with E-state index < -0.39 is 36.5 Å². The van der Waals surface area contributed by atoms with E-state index in [1.807, 2.05) is 18.2 Å². The summed E-state index contributed by atoms with van der Waals surface area (Å²) < 4.78 is 66.6. The molecule has 0 radical (unpaired) electrons. The second-order valence-electron chi connectivity index (χ2n) is 8.23. The molecular formula is C24H19F5N6O4. The van der Waals surface area contributed by atoms with E-state index in [0.29, 0.717) is 11.2 Å². The number of nitrogens with zero attached hydrogens (tertiary/aromatic N) is 6. The molecule has 1 N–H and O–H groups in total. The lowest BCUT2D eigenvalue weighted by Gasteiger charge is -2.37. The Morgan fingerprint density at radius 3 is 2.41 bits per heavy atom. The van der Waals surface area contributed by atoms with Crippen molar-refractivity contribution in [2.24, 2.45) is 0 Å². The summed E-state index contributed by atoms with van der Waals surface area (Å²) in [6.07, 6.45) is -2.64. The summed E-state index contributed by atoms with van der Waals surface area (Å²) in [5.41, 5.74) is 1.31. The van der Waals surface area contributed by atoms with Gasteiger partial charge in [-0.3, -0.25) is 9.78 Å². The Kier molecular flexibility index (Phi) is 7.69. The lowest BCUT2D eigenvalue weighted by atomic mass is 10.0. The molecule has 1 atom stereocenters. The summed E-state index contributed by atoms with van der Waals surface area (Å²) in [6.45, 7) is -0.394. The van der Waals surface area contributed by atoms with E-state index in [-0.39, 0.29) is 24.7 Å². The molecule has 0 saturated carbocycles. The molecule has 1 aliphatic rings. The number of halogens is 5. The number of likely N-dealkylation sites (tertiary alicyclic amines) is 1. The number of carboxylic acids is 1. The summed E-state index contributed by atoms with van der Waals surface area (Å²) in [7, 11) is 0. The van der Waals surface area contributed by atoms with Crippen LogP contribution in [-0.2, 0) is 4.79 Å². The number of carbonyl (C=O) groups excluding carboxylic acids is 1. The molecule has 1 amide bonds. The molecular weight excluding hydrogens is 531 g/mol. The fraction of sp³-hybridized carbons (Fsp3) is 0.250. The maximum absolute atomic E-state index is 14.6. The van der Waals surface area contributed by atoms with Crippen LogP contribution in [0.4, 0.5) is 22.0 Å². The number of aromatic nitrogens is 5. The molecule has 4 aromatic rings. The number of hydrogen-bond donors (Lipinski definition) is 1. The Hall–Kier alpha value is -4.69. The predicted octanol–water partition coefficient (Wildman–Crippen LogP) is 3.77. The summed E-state index contributed by atoms with van der Waals surface area (Å²) in [4.78, 5) is 33.0. The van der Waals surface area contributed by atoms with Gasteiger partial charge in [-0.05, 0) is 24.3 Å². The Morgan fingerprint density at radius 2 is 1.72 bits per heavy atom. The van der Waals surface area contributed by atoms with E-state index in [9.17, 15) is 26.7 Å². The number of hydrogen-bond acceptors (Lipinski definition) is 7. The number of carbonyl (C=O) groups is 2. The van der Waals surface area contributed by atoms with Crippen molar-refractivity contribution in [2.75, 3.05) is 13.1 Å². The molecule has 204 valence electrons. The maximum atomic E-state index is 14.6. The van der Waals surface area contributed by atoms with Crippen LogP contribution in [0.15, 0.2) is 67.1 Å². The van der Waals surface area contributed by atoms with Gasteiger partial charge in [-0.2, -0.15) is 28.2 Å². The van der Waals surface area contributed by atoms with Gasteiger partial charge in [0.2, 0.25) is 5.88 Å². The third kappa shape index (κ3) is 6.61. The van der Waals surface area contributed by atoms with Gasteiger partial charge >= 0.3 is 12.1 Å². The first-order valence-corrected chi connectivity index (χ1v) is 11.3. The van der Waals surface area contributed by atoms with Crippen LogP contribution >= 0.6 is 0 Å².